The van der Waals surface area contributed by atoms with Gasteiger partial charge in [-0.1, -0.05) is 69.6 Å². The highest BCUT2D eigenvalue weighted by Gasteiger charge is 2.26. The lowest BCUT2D eigenvalue weighted by Crippen LogP contribution is -2.14. The molecule has 86 valence electrons. The Kier molecular flexibility index (Phi) is 7.69. The van der Waals surface area contributed by atoms with Crippen molar-refractivity contribution in [3.63, 3.8) is 0 Å². The van der Waals surface area contributed by atoms with Crippen LogP contribution in [0.15, 0.2) is 0 Å². The van der Waals surface area contributed by atoms with Crippen LogP contribution >= 0.6 is 78.2 Å². The van der Waals surface area contributed by atoms with Gasteiger partial charge in [0, 0.05) is 0 Å². The summed E-state index contributed by atoms with van der Waals surface area (Å²) in [5.41, 5.74) is 0. The minimum atomic E-state index is -2.22. The summed E-state index contributed by atoms with van der Waals surface area (Å²) in [6, 6.07) is 0. The first kappa shape index (κ1) is 16.1. The summed E-state index contributed by atoms with van der Waals surface area (Å²) in [4.78, 5) is 9.04. The fourth-order valence-corrected chi connectivity index (χ4v) is 1.76. The van der Waals surface area contributed by atoms with Crippen LogP contribution in [-0.2, 0) is 9.05 Å². The third kappa shape index (κ3) is 12.1. The molecule has 0 unspecified atom stereocenters. The molecule has 0 aliphatic heterocycles. The molecule has 0 aliphatic carbocycles. The molecular formula is C4H5Cl6O3P. The van der Waals surface area contributed by atoms with Gasteiger partial charge in [-0.25, -0.2) is 0 Å². The second-order valence-corrected chi connectivity index (χ2v) is 8.04. The summed E-state index contributed by atoms with van der Waals surface area (Å²) in [7, 11) is -2.22. The average Bonchev–Trinajstić information content (AvgIpc) is 1.94. The van der Waals surface area contributed by atoms with Crippen molar-refractivity contribution in [1.29, 1.82) is 0 Å². The van der Waals surface area contributed by atoms with E-state index in [0.29, 0.717) is 0 Å². The molecule has 0 aromatic heterocycles. The molecule has 3 nitrogen and oxygen atoms in total. The Morgan fingerprint density at radius 1 is 0.857 bits per heavy atom. The molecule has 0 fully saturated rings. The number of hydrogen-bond acceptors (Lipinski definition) is 3. The highest BCUT2D eigenvalue weighted by Crippen LogP contribution is 2.40. The number of rotatable bonds is 4. The number of hydrogen-bond donors (Lipinski definition) is 1. The maximum Gasteiger partial charge on any atom is 0.330 e. The fourth-order valence-electron chi connectivity index (χ4n) is 0.294. The minimum Gasteiger partial charge on any atom is -0.328 e. The first-order chi connectivity index (χ1) is 6.10. The van der Waals surface area contributed by atoms with Crippen LogP contribution in [0.3, 0.4) is 0 Å². The molecule has 0 saturated carbocycles. The Hall–Kier alpha value is 2.05. The molecule has 14 heavy (non-hydrogen) atoms. The van der Waals surface area contributed by atoms with E-state index >= 15 is 0 Å². The van der Waals surface area contributed by atoms with E-state index in [1.54, 1.807) is 0 Å². The van der Waals surface area contributed by atoms with Gasteiger partial charge in [0.25, 0.3) is 0 Å². The van der Waals surface area contributed by atoms with Gasteiger partial charge < -0.3 is 13.9 Å². The molecule has 0 radical (unpaired) electrons. The summed E-state index contributed by atoms with van der Waals surface area (Å²) in [6.45, 7) is -0.639. The lowest BCUT2D eigenvalue weighted by molar-refractivity contribution is 0.206. The van der Waals surface area contributed by atoms with Crippen LogP contribution in [0.25, 0.3) is 0 Å². The number of halogens is 6. The zero-order chi connectivity index (χ0) is 11.4. The topological polar surface area (TPSA) is 38.7 Å². The van der Waals surface area contributed by atoms with Crippen molar-refractivity contribution in [3.8, 4) is 0 Å². The van der Waals surface area contributed by atoms with Crippen molar-refractivity contribution in [2.24, 2.45) is 0 Å². The highest BCUT2D eigenvalue weighted by atomic mass is 35.6. The smallest absolute Gasteiger partial charge is 0.328 e. The molecule has 0 rings (SSSR count). The van der Waals surface area contributed by atoms with Crippen molar-refractivity contribution in [2.75, 3.05) is 13.2 Å². The van der Waals surface area contributed by atoms with Gasteiger partial charge in [0.1, 0.15) is 13.2 Å². The minimum absolute atomic E-state index is 0.320. The van der Waals surface area contributed by atoms with E-state index in [2.05, 4.69) is 9.05 Å². The van der Waals surface area contributed by atoms with Crippen LogP contribution in [0.2, 0.25) is 0 Å². The predicted octanol–water partition coefficient (Wildman–Crippen LogP) is 3.98. The van der Waals surface area contributed by atoms with Crippen LogP contribution in [0.4, 0.5) is 0 Å². The van der Waals surface area contributed by atoms with Crippen LogP contribution in [-0.4, -0.2) is 25.7 Å². The Morgan fingerprint density at radius 2 is 1.14 bits per heavy atom. The van der Waals surface area contributed by atoms with E-state index in [9.17, 15) is 0 Å². The molecule has 0 amide bonds. The lowest BCUT2D eigenvalue weighted by atomic mass is 10.9. The third-order valence-electron chi connectivity index (χ3n) is 0.677. The van der Waals surface area contributed by atoms with Gasteiger partial charge >= 0.3 is 8.60 Å². The van der Waals surface area contributed by atoms with Gasteiger partial charge in [0.2, 0.25) is 7.59 Å². The fraction of sp³-hybridized carbons (Fsp3) is 1.00. The number of alkyl halides is 6. The maximum absolute atomic E-state index is 9.04. The largest absolute Gasteiger partial charge is 0.330 e. The Morgan fingerprint density at radius 3 is 1.36 bits per heavy atom. The zero-order valence-electron chi connectivity index (χ0n) is 6.39. The molecule has 0 aliphatic rings. The van der Waals surface area contributed by atoms with Crippen molar-refractivity contribution in [1.82, 2.24) is 0 Å². The molecule has 0 aromatic carbocycles. The first-order valence-electron chi connectivity index (χ1n) is 2.98. The van der Waals surface area contributed by atoms with E-state index in [1.165, 1.54) is 0 Å². The highest BCUT2D eigenvalue weighted by molar-refractivity contribution is 7.40. The second kappa shape index (κ2) is 6.70. The van der Waals surface area contributed by atoms with Crippen LogP contribution < -0.4 is 0 Å². The molecule has 0 heterocycles. The standard InChI is InChI=1S/C4H5Cl6O3P/c5-3(6,7)1-12-14(11)13-2-4(8,9)10/h11H,1-2H2. The van der Waals surface area contributed by atoms with Gasteiger partial charge in [-0.15, -0.1) is 0 Å². The zero-order valence-corrected chi connectivity index (χ0v) is 11.8. The Labute approximate surface area is 112 Å². The van der Waals surface area contributed by atoms with Crippen molar-refractivity contribution in [3.05, 3.63) is 0 Å². The van der Waals surface area contributed by atoms with Crippen molar-refractivity contribution >= 4 is 78.2 Å². The van der Waals surface area contributed by atoms with E-state index in [4.69, 9.17) is 74.5 Å². The van der Waals surface area contributed by atoms with E-state index in [-0.39, 0.29) is 13.2 Å². The summed E-state index contributed by atoms with van der Waals surface area (Å²) in [5, 5.41) is 0. The maximum atomic E-state index is 9.04. The van der Waals surface area contributed by atoms with Gasteiger partial charge in [-0.2, -0.15) is 0 Å². The third-order valence-corrected chi connectivity index (χ3v) is 2.03. The molecule has 0 bridgehead atoms. The van der Waals surface area contributed by atoms with Gasteiger partial charge in [-0.05, 0) is 0 Å². The van der Waals surface area contributed by atoms with Gasteiger partial charge in [0.05, 0.1) is 0 Å². The average molecular weight is 345 g/mol. The summed E-state index contributed by atoms with van der Waals surface area (Å²) in [5.74, 6) is 0. The molecule has 0 saturated heterocycles. The van der Waals surface area contributed by atoms with Gasteiger partial charge in [-0.3, -0.25) is 0 Å². The normalized spacial score (nSPS) is 13.7. The van der Waals surface area contributed by atoms with Crippen molar-refractivity contribution < 1.29 is 13.9 Å². The molecular weight excluding hydrogens is 340 g/mol. The Balaban J connectivity index is 3.62. The monoisotopic (exact) mass is 342 g/mol. The summed E-state index contributed by atoms with van der Waals surface area (Å²) >= 11 is 32.0. The predicted molar refractivity (Wildman–Crippen MR) is 61.6 cm³/mol. The summed E-state index contributed by atoms with van der Waals surface area (Å²) < 4.78 is 6.02. The molecule has 0 spiro atoms. The van der Waals surface area contributed by atoms with E-state index in [0.717, 1.165) is 0 Å². The van der Waals surface area contributed by atoms with Crippen LogP contribution in [0.5, 0.6) is 0 Å². The van der Waals surface area contributed by atoms with Gasteiger partial charge in [0.15, 0.2) is 0 Å². The van der Waals surface area contributed by atoms with Crippen LogP contribution in [0, 0.1) is 0 Å². The van der Waals surface area contributed by atoms with E-state index in [1.807, 2.05) is 0 Å². The molecule has 10 heteroatoms. The molecule has 1 N–H and O–H groups in total. The summed E-state index contributed by atoms with van der Waals surface area (Å²) in [6.07, 6.45) is 0. The van der Waals surface area contributed by atoms with Crippen molar-refractivity contribution in [2.45, 2.75) is 7.59 Å². The lowest BCUT2D eigenvalue weighted by Gasteiger charge is -2.16. The first-order valence-corrected chi connectivity index (χ1v) is 6.38. The quantitative estimate of drug-likeness (QED) is 0.619. The Bertz CT molecular complexity index is 149. The second-order valence-electron chi connectivity index (χ2n) is 2.02. The SMILES string of the molecule is OP(OCC(Cl)(Cl)Cl)OCC(Cl)(Cl)Cl. The molecule has 0 atom stereocenters. The van der Waals surface area contributed by atoms with E-state index < -0.39 is 16.2 Å². The molecule has 0 aromatic rings. The van der Waals surface area contributed by atoms with Crippen LogP contribution in [0.1, 0.15) is 0 Å².